The molecule has 0 unspecified atom stereocenters. The number of rotatable bonds is 3. The van der Waals surface area contributed by atoms with Gasteiger partial charge in [-0.3, -0.25) is 4.79 Å². The highest BCUT2D eigenvalue weighted by atomic mass is 127. The fourth-order valence-electron chi connectivity index (χ4n) is 1.17. The van der Waals surface area contributed by atoms with Crippen LogP contribution in [0.4, 0.5) is 13.2 Å². The third-order valence-electron chi connectivity index (χ3n) is 1.85. The normalized spacial score (nSPS) is 11.4. The van der Waals surface area contributed by atoms with Gasteiger partial charge in [-0.2, -0.15) is 13.2 Å². The van der Waals surface area contributed by atoms with Crippen LogP contribution in [0, 0.1) is 3.70 Å². The number of nitrogens with zero attached hydrogens (tertiary/aromatic N) is 1. The molecule has 1 rings (SSSR count). The summed E-state index contributed by atoms with van der Waals surface area (Å²) in [5, 5.41) is 0. The van der Waals surface area contributed by atoms with Crippen LogP contribution in [0.15, 0.2) is 12.3 Å². The number of aromatic nitrogens is 1. The monoisotopic (exact) mass is 359 g/mol. The van der Waals surface area contributed by atoms with Crippen molar-refractivity contribution in [3.05, 3.63) is 27.1 Å². The first-order chi connectivity index (χ1) is 7.84. The summed E-state index contributed by atoms with van der Waals surface area (Å²) in [7, 11) is 0. The summed E-state index contributed by atoms with van der Waals surface area (Å²) < 4.78 is 42.2. The van der Waals surface area contributed by atoms with Crippen molar-refractivity contribution in [2.75, 3.05) is 6.61 Å². The number of hydrogen-bond acceptors (Lipinski definition) is 3. The number of pyridine rings is 1. The Morgan fingerprint density at radius 3 is 2.71 bits per heavy atom. The van der Waals surface area contributed by atoms with Crippen molar-refractivity contribution in [3.63, 3.8) is 0 Å². The summed E-state index contributed by atoms with van der Waals surface area (Å²) in [5.41, 5.74) is -0.643. The fraction of sp³-hybridized carbons (Fsp3) is 0.400. The Kier molecular flexibility index (Phi) is 4.72. The Bertz CT molecular complexity index is 421. The Balaban J connectivity index is 2.93. The molecule has 0 atom stereocenters. The number of esters is 1. The summed E-state index contributed by atoms with van der Waals surface area (Å²) in [6.45, 7) is 1.83. The summed E-state index contributed by atoms with van der Waals surface area (Å²) in [4.78, 5) is 14.7. The zero-order valence-corrected chi connectivity index (χ0v) is 11.0. The van der Waals surface area contributed by atoms with Crippen LogP contribution in [-0.2, 0) is 22.1 Å². The van der Waals surface area contributed by atoms with Crippen LogP contribution in [-0.4, -0.2) is 17.6 Å². The van der Waals surface area contributed by atoms with E-state index in [1.807, 2.05) is 0 Å². The number of hydrogen-bond donors (Lipinski definition) is 0. The van der Waals surface area contributed by atoms with Crippen molar-refractivity contribution in [3.8, 4) is 0 Å². The molecule has 7 heteroatoms. The standard InChI is InChI=1S/C10H9F3INO2/c1-2-17-8(16)4-6-3-7(10(11,12)13)9(14)15-5-6/h3,5H,2,4H2,1H3. The number of ether oxygens (including phenoxy) is 1. The van der Waals surface area contributed by atoms with E-state index in [0.29, 0.717) is 0 Å². The first kappa shape index (κ1) is 14.2. The molecule has 0 fully saturated rings. The van der Waals surface area contributed by atoms with Gasteiger partial charge in [0, 0.05) is 6.20 Å². The lowest BCUT2D eigenvalue weighted by molar-refractivity contribution is -0.143. The highest BCUT2D eigenvalue weighted by molar-refractivity contribution is 14.1. The summed E-state index contributed by atoms with van der Waals surface area (Å²) in [5.74, 6) is -0.566. The molecule has 1 aromatic heterocycles. The van der Waals surface area contributed by atoms with E-state index in [9.17, 15) is 18.0 Å². The van der Waals surface area contributed by atoms with Crippen molar-refractivity contribution in [1.29, 1.82) is 0 Å². The molecule has 0 aliphatic carbocycles. The van der Waals surface area contributed by atoms with Gasteiger partial charge < -0.3 is 4.74 Å². The van der Waals surface area contributed by atoms with Gasteiger partial charge in [0.2, 0.25) is 0 Å². The van der Waals surface area contributed by atoms with E-state index >= 15 is 0 Å². The van der Waals surface area contributed by atoms with E-state index in [0.717, 1.165) is 6.07 Å². The second kappa shape index (κ2) is 5.65. The smallest absolute Gasteiger partial charge is 0.418 e. The minimum Gasteiger partial charge on any atom is -0.466 e. The second-order valence-electron chi connectivity index (χ2n) is 3.16. The van der Waals surface area contributed by atoms with Crippen molar-refractivity contribution >= 4 is 28.6 Å². The van der Waals surface area contributed by atoms with Gasteiger partial charge in [0.05, 0.1) is 18.6 Å². The van der Waals surface area contributed by atoms with Crippen LogP contribution in [0.1, 0.15) is 18.1 Å². The van der Waals surface area contributed by atoms with E-state index in [4.69, 9.17) is 0 Å². The van der Waals surface area contributed by atoms with Gasteiger partial charge in [-0.25, -0.2) is 4.98 Å². The largest absolute Gasteiger partial charge is 0.466 e. The van der Waals surface area contributed by atoms with Crippen LogP contribution in [0.5, 0.6) is 0 Å². The van der Waals surface area contributed by atoms with Crippen LogP contribution in [0.3, 0.4) is 0 Å². The van der Waals surface area contributed by atoms with Gasteiger partial charge in [-0.1, -0.05) is 0 Å². The zero-order valence-electron chi connectivity index (χ0n) is 8.84. The van der Waals surface area contributed by atoms with Crippen molar-refractivity contribution in [1.82, 2.24) is 4.98 Å². The lowest BCUT2D eigenvalue weighted by atomic mass is 10.1. The van der Waals surface area contributed by atoms with Crippen molar-refractivity contribution < 1.29 is 22.7 Å². The highest BCUT2D eigenvalue weighted by Crippen LogP contribution is 2.32. The molecule has 0 aromatic carbocycles. The van der Waals surface area contributed by atoms with Gasteiger partial charge in [-0.15, -0.1) is 0 Å². The quantitative estimate of drug-likeness (QED) is 0.473. The van der Waals surface area contributed by atoms with Crippen LogP contribution >= 0.6 is 22.6 Å². The average molecular weight is 359 g/mol. The molecule has 0 radical (unpaired) electrons. The van der Waals surface area contributed by atoms with E-state index in [1.165, 1.54) is 28.8 Å². The zero-order chi connectivity index (χ0) is 13.1. The molecule has 0 saturated carbocycles. The van der Waals surface area contributed by atoms with Crippen molar-refractivity contribution in [2.24, 2.45) is 0 Å². The Morgan fingerprint density at radius 1 is 1.53 bits per heavy atom. The van der Waals surface area contributed by atoms with Crippen LogP contribution in [0.2, 0.25) is 0 Å². The van der Waals surface area contributed by atoms with Gasteiger partial charge >= 0.3 is 12.1 Å². The molecule has 1 aromatic rings. The van der Waals surface area contributed by atoms with E-state index in [1.54, 1.807) is 6.92 Å². The minimum atomic E-state index is -4.46. The molecular weight excluding hydrogens is 350 g/mol. The van der Waals surface area contributed by atoms with Crippen molar-refractivity contribution in [2.45, 2.75) is 19.5 Å². The molecular formula is C10H9F3INO2. The molecule has 0 amide bonds. The summed E-state index contributed by atoms with van der Waals surface area (Å²) in [6, 6.07) is 0.922. The highest BCUT2D eigenvalue weighted by Gasteiger charge is 2.34. The van der Waals surface area contributed by atoms with Crippen LogP contribution in [0.25, 0.3) is 0 Å². The topological polar surface area (TPSA) is 39.2 Å². The van der Waals surface area contributed by atoms with Gasteiger partial charge in [0.15, 0.2) is 0 Å². The molecule has 3 nitrogen and oxygen atoms in total. The molecule has 0 spiro atoms. The maximum atomic E-state index is 12.6. The Morgan fingerprint density at radius 2 is 2.18 bits per heavy atom. The number of halogens is 4. The van der Waals surface area contributed by atoms with Gasteiger partial charge in [0.25, 0.3) is 0 Å². The molecule has 17 heavy (non-hydrogen) atoms. The Labute approximate surface area is 110 Å². The molecule has 94 valence electrons. The third kappa shape index (κ3) is 4.14. The predicted molar refractivity (Wildman–Crippen MR) is 62.3 cm³/mol. The molecule has 0 aliphatic heterocycles. The number of carbonyl (C=O) groups is 1. The molecule has 0 saturated heterocycles. The number of carbonyl (C=O) groups excluding carboxylic acids is 1. The second-order valence-corrected chi connectivity index (χ2v) is 4.18. The van der Waals surface area contributed by atoms with E-state index in [-0.39, 0.29) is 22.3 Å². The lowest BCUT2D eigenvalue weighted by Crippen LogP contribution is -2.12. The summed E-state index contributed by atoms with van der Waals surface area (Å²) in [6.07, 6.45) is -3.43. The predicted octanol–water partition coefficient (Wildman–Crippen LogP) is 2.81. The molecule has 0 N–H and O–H groups in total. The molecule has 1 heterocycles. The first-order valence-electron chi connectivity index (χ1n) is 4.71. The Hall–Kier alpha value is -0.860. The minimum absolute atomic E-state index is 0.136. The molecule has 0 bridgehead atoms. The maximum Gasteiger partial charge on any atom is 0.418 e. The van der Waals surface area contributed by atoms with E-state index < -0.39 is 17.7 Å². The number of alkyl halides is 3. The van der Waals surface area contributed by atoms with Gasteiger partial charge in [0.1, 0.15) is 3.70 Å². The van der Waals surface area contributed by atoms with E-state index in [2.05, 4.69) is 9.72 Å². The van der Waals surface area contributed by atoms with Crippen LogP contribution < -0.4 is 0 Å². The average Bonchev–Trinajstić information content (AvgIpc) is 2.19. The van der Waals surface area contributed by atoms with Gasteiger partial charge in [-0.05, 0) is 41.1 Å². The first-order valence-corrected chi connectivity index (χ1v) is 5.79. The SMILES string of the molecule is CCOC(=O)Cc1cnc(I)c(C(F)(F)F)c1. The molecule has 0 aliphatic rings. The summed E-state index contributed by atoms with van der Waals surface area (Å²) >= 11 is 1.51. The third-order valence-corrected chi connectivity index (χ3v) is 2.71. The maximum absolute atomic E-state index is 12.6. The fourth-order valence-corrected chi connectivity index (χ4v) is 1.77. The lowest BCUT2D eigenvalue weighted by Gasteiger charge is -2.10.